The van der Waals surface area contributed by atoms with E-state index >= 15 is 0 Å². The maximum atomic E-state index is 11.6. The van der Waals surface area contributed by atoms with Gasteiger partial charge in [0.1, 0.15) is 6.54 Å². The van der Waals surface area contributed by atoms with Crippen LogP contribution in [0.3, 0.4) is 0 Å². The number of rotatable bonds is 7. The molecule has 3 N–H and O–H groups in total. The molecule has 0 aromatic heterocycles. The van der Waals surface area contributed by atoms with Gasteiger partial charge in [-0.3, -0.25) is 14.9 Å². The number of hydrazone groups is 1. The van der Waals surface area contributed by atoms with E-state index in [-0.39, 0.29) is 12.2 Å². The molecule has 0 heterocycles. The third-order valence-corrected chi connectivity index (χ3v) is 3.19. The largest absolute Gasteiger partial charge is 0.334 e. The first-order valence-electron chi connectivity index (χ1n) is 7.66. The molecule has 3 amide bonds. The van der Waals surface area contributed by atoms with Crippen molar-refractivity contribution in [1.29, 1.82) is 0 Å². The summed E-state index contributed by atoms with van der Waals surface area (Å²) in [5.41, 5.74) is 3.56. The van der Waals surface area contributed by atoms with Crippen LogP contribution in [0.25, 0.3) is 0 Å². The van der Waals surface area contributed by atoms with Crippen LogP contribution in [0.2, 0.25) is 0 Å². The van der Waals surface area contributed by atoms with Crippen LogP contribution >= 0.6 is 0 Å². The van der Waals surface area contributed by atoms with Gasteiger partial charge in [-0.05, 0) is 5.56 Å². The van der Waals surface area contributed by atoms with E-state index in [1.807, 2.05) is 30.3 Å². The van der Waals surface area contributed by atoms with E-state index in [0.29, 0.717) is 12.1 Å². The van der Waals surface area contributed by atoms with Gasteiger partial charge in [-0.1, -0.05) is 42.5 Å². The number of nitro groups is 1. The van der Waals surface area contributed by atoms with E-state index in [1.165, 1.54) is 24.4 Å². The fraction of sp³-hybridized carbons (Fsp3) is 0.118. The number of hydrogen-bond donors (Lipinski definition) is 3. The Morgan fingerprint density at radius 2 is 1.85 bits per heavy atom. The molecule has 26 heavy (non-hydrogen) atoms. The minimum atomic E-state index is -0.526. The van der Waals surface area contributed by atoms with Gasteiger partial charge >= 0.3 is 6.03 Å². The normalized spacial score (nSPS) is 10.3. The van der Waals surface area contributed by atoms with Crippen LogP contribution in [0.5, 0.6) is 0 Å². The minimum Gasteiger partial charge on any atom is -0.334 e. The predicted octanol–water partition coefficient (Wildman–Crippen LogP) is 1.54. The van der Waals surface area contributed by atoms with E-state index < -0.39 is 16.9 Å². The summed E-state index contributed by atoms with van der Waals surface area (Å²) in [6, 6.07) is 14.7. The molecule has 0 aliphatic heterocycles. The lowest BCUT2D eigenvalue weighted by Gasteiger charge is -2.06. The molecule has 0 aliphatic rings. The van der Waals surface area contributed by atoms with Gasteiger partial charge in [0.25, 0.3) is 11.6 Å². The molecule has 2 rings (SSSR count). The Balaban J connectivity index is 1.70. The summed E-state index contributed by atoms with van der Waals surface area (Å²) in [6.45, 7) is 0.0894. The van der Waals surface area contributed by atoms with Crippen molar-refractivity contribution >= 4 is 23.8 Å². The highest BCUT2D eigenvalue weighted by molar-refractivity contribution is 5.86. The Morgan fingerprint density at radius 3 is 2.58 bits per heavy atom. The van der Waals surface area contributed by atoms with Gasteiger partial charge in [-0.25, -0.2) is 10.2 Å². The van der Waals surface area contributed by atoms with E-state index in [2.05, 4.69) is 21.2 Å². The molecule has 134 valence electrons. The molecule has 9 heteroatoms. The molecule has 9 nitrogen and oxygen atoms in total. The maximum Gasteiger partial charge on any atom is 0.315 e. The quantitative estimate of drug-likeness (QED) is 0.396. The minimum absolute atomic E-state index is 0.0722. The number of carbonyl (C=O) groups excluding carboxylic acids is 2. The van der Waals surface area contributed by atoms with Crippen molar-refractivity contribution in [2.24, 2.45) is 5.10 Å². The molecule has 0 fully saturated rings. The zero-order chi connectivity index (χ0) is 18.8. The third kappa shape index (κ3) is 6.40. The number of urea groups is 1. The molecule has 0 bridgehead atoms. The Bertz CT molecular complexity index is 808. The molecule has 0 unspecified atom stereocenters. The molecule has 0 spiro atoms. The zero-order valence-corrected chi connectivity index (χ0v) is 13.7. The van der Waals surface area contributed by atoms with E-state index in [1.54, 1.807) is 6.07 Å². The SMILES string of the molecule is O=C(CNC(=O)NCc1ccccc1)NN=Cc1cccc([N+](=O)[O-])c1. The Morgan fingerprint density at radius 1 is 1.08 bits per heavy atom. The smallest absolute Gasteiger partial charge is 0.315 e. The van der Waals surface area contributed by atoms with Crippen LogP contribution in [-0.4, -0.2) is 29.6 Å². The second-order valence-corrected chi connectivity index (χ2v) is 5.17. The molecule has 0 radical (unpaired) electrons. The van der Waals surface area contributed by atoms with Crippen LogP contribution in [0, 0.1) is 10.1 Å². The Labute approximate surface area is 149 Å². The Kier molecular flexibility index (Phi) is 6.81. The van der Waals surface area contributed by atoms with Crippen molar-refractivity contribution in [2.75, 3.05) is 6.54 Å². The predicted molar refractivity (Wildman–Crippen MR) is 95.5 cm³/mol. The fourth-order valence-electron chi connectivity index (χ4n) is 1.94. The van der Waals surface area contributed by atoms with Crippen LogP contribution in [-0.2, 0) is 11.3 Å². The number of benzene rings is 2. The summed E-state index contributed by atoms with van der Waals surface area (Å²) in [4.78, 5) is 33.4. The summed E-state index contributed by atoms with van der Waals surface area (Å²) in [5, 5.41) is 19.4. The van der Waals surface area contributed by atoms with E-state index in [9.17, 15) is 19.7 Å². The number of nitrogens with zero attached hydrogens (tertiary/aromatic N) is 2. The molecule has 2 aromatic carbocycles. The number of non-ortho nitro benzene ring substituents is 1. The van der Waals surface area contributed by atoms with Crippen LogP contribution in [0.4, 0.5) is 10.5 Å². The van der Waals surface area contributed by atoms with Gasteiger partial charge in [0, 0.05) is 24.2 Å². The second kappa shape index (κ2) is 9.52. The van der Waals surface area contributed by atoms with Gasteiger partial charge < -0.3 is 10.6 Å². The lowest BCUT2D eigenvalue weighted by Crippen LogP contribution is -2.40. The summed E-state index contributed by atoms with van der Waals surface area (Å²) >= 11 is 0. The number of hydrogen-bond acceptors (Lipinski definition) is 5. The molecule has 2 aromatic rings. The highest BCUT2D eigenvalue weighted by Gasteiger charge is 2.05. The average molecular weight is 355 g/mol. The zero-order valence-electron chi connectivity index (χ0n) is 13.7. The first-order valence-corrected chi connectivity index (χ1v) is 7.66. The monoisotopic (exact) mass is 355 g/mol. The van der Waals surface area contributed by atoms with Crippen molar-refractivity contribution in [1.82, 2.24) is 16.1 Å². The second-order valence-electron chi connectivity index (χ2n) is 5.17. The number of amides is 3. The summed E-state index contributed by atoms with van der Waals surface area (Å²) < 4.78 is 0. The van der Waals surface area contributed by atoms with E-state index in [4.69, 9.17) is 0 Å². The molecule has 0 aliphatic carbocycles. The highest BCUT2D eigenvalue weighted by atomic mass is 16.6. The summed E-state index contributed by atoms with van der Waals surface area (Å²) in [5.74, 6) is -0.526. The molecule has 0 saturated heterocycles. The Hall–Kier alpha value is -3.75. The van der Waals surface area contributed by atoms with E-state index in [0.717, 1.165) is 5.56 Å². The molecule has 0 atom stereocenters. The van der Waals surface area contributed by atoms with Gasteiger partial charge in [0.2, 0.25) is 0 Å². The average Bonchev–Trinajstić information content (AvgIpc) is 2.66. The topological polar surface area (TPSA) is 126 Å². The van der Waals surface area contributed by atoms with Crippen LogP contribution < -0.4 is 16.1 Å². The summed E-state index contributed by atoms with van der Waals surface area (Å²) in [7, 11) is 0. The van der Waals surface area contributed by atoms with Crippen molar-refractivity contribution < 1.29 is 14.5 Å². The third-order valence-electron chi connectivity index (χ3n) is 3.19. The maximum absolute atomic E-state index is 11.6. The van der Waals surface area contributed by atoms with Gasteiger partial charge in [-0.2, -0.15) is 5.10 Å². The van der Waals surface area contributed by atoms with Crippen molar-refractivity contribution in [3.05, 3.63) is 75.8 Å². The van der Waals surface area contributed by atoms with Crippen LogP contribution in [0.15, 0.2) is 59.7 Å². The van der Waals surface area contributed by atoms with Gasteiger partial charge in [0.15, 0.2) is 0 Å². The van der Waals surface area contributed by atoms with Crippen LogP contribution in [0.1, 0.15) is 11.1 Å². The van der Waals surface area contributed by atoms with Gasteiger partial charge in [-0.15, -0.1) is 0 Å². The number of carbonyl (C=O) groups is 2. The van der Waals surface area contributed by atoms with Gasteiger partial charge in [0.05, 0.1) is 11.1 Å². The number of nitro benzene ring substituents is 1. The molecular weight excluding hydrogens is 338 g/mol. The standard InChI is InChI=1S/C17H17N5O4/c23-16(12-19-17(24)18-10-13-5-2-1-3-6-13)21-20-11-14-7-4-8-15(9-14)22(25)26/h1-9,11H,10,12H2,(H,21,23)(H2,18,19,24). The highest BCUT2D eigenvalue weighted by Crippen LogP contribution is 2.11. The first-order chi connectivity index (χ1) is 12.5. The number of nitrogens with one attached hydrogen (secondary N) is 3. The first kappa shape index (κ1) is 18.6. The van der Waals surface area contributed by atoms with Crippen molar-refractivity contribution in [3.63, 3.8) is 0 Å². The lowest BCUT2D eigenvalue weighted by molar-refractivity contribution is -0.384. The molecular formula is C17H17N5O4. The summed E-state index contributed by atoms with van der Waals surface area (Å²) in [6.07, 6.45) is 1.28. The van der Waals surface area contributed by atoms with Crippen molar-refractivity contribution in [3.8, 4) is 0 Å². The lowest BCUT2D eigenvalue weighted by atomic mass is 10.2. The van der Waals surface area contributed by atoms with Crippen molar-refractivity contribution in [2.45, 2.75) is 6.54 Å². The molecule has 0 saturated carbocycles. The fourth-order valence-corrected chi connectivity index (χ4v) is 1.94.